The van der Waals surface area contributed by atoms with Crippen LogP contribution in [0.2, 0.25) is 0 Å². The third-order valence-electron chi connectivity index (χ3n) is 5.26. The van der Waals surface area contributed by atoms with Gasteiger partial charge < -0.3 is 14.4 Å². The summed E-state index contributed by atoms with van der Waals surface area (Å²) in [5.41, 5.74) is 1.13. The number of rotatable bonds is 4. The topological polar surface area (TPSA) is 70.0 Å². The average molecular weight is 474 g/mol. The molecular formula is C20H20BrN5O2S. The Morgan fingerprint density at radius 2 is 2.00 bits per heavy atom. The number of fused-ring (bicyclic) bond motifs is 1. The summed E-state index contributed by atoms with van der Waals surface area (Å²) in [6.45, 7) is 3.85. The van der Waals surface area contributed by atoms with Crippen LogP contribution in [0.15, 0.2) is 51.6 Å². The standard InChI is InChI=1S/C20H20BrN5O2S/c1-24-7-9-25(10-8-24)16(13-4-2-5-14(21)12-13)17-19(27)26-20(29-17)22-18(23-26)15-6-3-11-28-15/h2-6,11-12,16,27H,7-10H2,1H3/t16-/m0/s1. The third-order valence-corrected chi connectivity index (χ3v) is 6.82. The van der Waals surface area contributed by atoms with Crippen LogP contribution in [0.5, 0.6) is 5.88 Å². The summed E-state index contributed by atoms with van der Waals surface area (Å²) in [5, 5.41) is 15.5. The fourth-order valence-corrected chi connectivity index (χ4v) is 5.26. The lowest BCUT2D eigenvalue weighted by Gasteiger charge is -2.37. The number of benzene rings is 1. The van der Waals surface area contributed by atoms with Crippen molar-refractivity contribution in [3.63, 3.8) is 0 Å². The van der Waals surface area contributed by atoms with E-state index in [0.29, 0.717) is 16.5 Å². The molecule has 1 aliphatic rings. The Balaban J connectivity index is 1.59. The number of thiazole rings is 1. The summed E-state index contributed by atoms with van der Waals surface area (Å²) < 4.78 is 7.92. The van der Waals surface area contributed by atoms with E-state index in [1.54, 1.807) is 12.3 Å². The number of piperazine rings is 1. The highest BCUT2D eigenvalue weighted by Gasteiger charge is 2.31. The zero-order valence-corrected chi connectivity index (χ0v) is 18.2. The Bertz CT molecular complexity index is 1130. The largest absolute Gasteiger partial charge is 0.492 e. The second-order valence-corrected chi connectivity index (χ2v) is 9.12. The second kappa shape index (κ2) is 7.56. The van der Waals surface area contributed by atoms with Crippen LogP contribution in [-0.4, -0.2) is 62.7 Å². The van der Waals surface area contributed by atoms with Crippen molar-refractivity contribution < 1.29 is 9.52 Å². The van der Waals surface area contributed by atoms with Gasteiger partial charge >= 0.3 is 0 Å². The molecule has 1 fully saturated rings. The van der Waals surface area contributed by atoms with E-state index in [9.17, 15) is 5.11 Å². The van der Waals surface area contributed by atoms with Crippen molar-refractivity contribution in [3.05, 3.63) is 57.6 Å². The van der Waals surface area contributed by atoms with E-state index >= 15 is 0 Å². The van der Waals surface area contributed by atoms with Gasteiger partial charge in [-0.05, 0) is 36.9 Å². The van der Waals surface area contributed by atoms with Crippen molar-refractivity contribution in [3.8, 4) is 17.5 Å². The molecule has 1 N–H and O–H groups in total. The average Bonchev–Trinajstić information content (AvgIpc) is 3.43. The lowest BCUT2D eigenvalue weighted by molar-refractivity contribution is 0.127. The first kappa shape index (κ1) is 18.8. The molecule has 0 bridgehead atoms. The molecule has 4 aromatic rings. The number of aromatic nitrogens is 3. The smallest absolute Gasteiger partial charge is 0.230 e. The van der Waals surface area contributed by atoms with Gasteiger partial charge in [-0.3, -0.25) is 4.90 Å². The summed E-state index contributed by atoms with van der Waals surface area (Å²) in [5.74, 6) is 1.20. The summed E-state index contributed by atoms with van der Waals surface area (Å²) in [6, 6.07) is 11.8. The van der Waals surface area contributed by atoms with E-state index in [1.807, 2.05) is 18.2 Å². The summed E-state index contributed by atoms with van der Waals surface area (Å²) >= 11 is 5.06. The van der Waals surface area contributed by atoms with Gasteiger partial charge in [0.2, 0.25) is 16.7 Å². The minimum atomic E-state index is -0.0539. The fraction of sp³-hybridized carbons (Fsp3) is 0.300. The van der Waals surface area contributed by atoms with Crippen molar-refractivity contribution in [1.82, 2.24) is 24.4 Å². The van der Waals surface area contributed by atoms with Crippen LogP contribution in [0.4, 0.5) is 0 Å². The van der Waals surface area contributed by atoms with E-state index in [2.05, 4.69) is 55.0 Å². The van der Waals surface area contributed by atoms with E-state index < -0.39 is 0 Å². The van der Waals surface area contributed by atoms with Crippen LogP contribution in [0.1, 0.15) is 16.5 Å². The lowest BCUT2D eigenvalue weighted by Crippen LogP contribution is -2.46. The van der Waals surface area contributed by atoms with Crippen LogP contribution < -0.4 is 0 Å². The highest BCUT2D eigenvalue weighted by atomic mass is 79.9. The van der Waals surface area contributed by atoms with Gasteiger partial charge in [-0.1, -0.05) is 39.4 Å². The third kappa shape index (κ3) is 3.48. The molecule has 7 nitrogen and oxygen atoms in total. The second-order valence-electron chi connectivity index (χ2n) is 7.19. The van der Waals surface area contributed by atoms with Gasteiger partial charge in [-0.15, -0.1) is 5.10 Å². The van der Waals surface area contributed by atoms with Crippen LogP contribution in [0, 0.1) is 0 Å². The molecule has 1 aromatic carbocycles. The molecule has 9 heteroatoms. The van der Waals surface area contributed by atoms with Gasteiger partial charge in [0.25, 0.3) is 0 Å². The molecule has 0 radical (unpaired) electrons. The quantitative estimate of drug-likeness (QED) is 0.485. The maximum Gasteiger partial charge on any atom is 0.230 e. The first-order chi connectivity index (χ1) is 14.1. The van der Waals surface area contributed by atoms with Gasteiger partial charge in [0, 0.05) is 30.7 Å². The number of aromatic hydroxyl groups is 1. The molecule has 29 heavy (non-hydrogen) atoms. The molecule has 0 aliphatic carbocycles. The maximum atomic E-state index is 11.1. The monoisotopic (exact) mass is 473 g/mol. The molecule has 0 amide bonds. The number of halogens is 1. The lowest BCUT2D eigenvalue weighted by atomic mass is 10.0. The Kier molecular flexibility index (Phi) is 4.91. The normalized spacial score (nSPS) is 17.2. The van der Waals surface area contributed by atoms with Crippen LogP contribution in [0.3, 0.4) is 0 Å². The first-order valence-corrected chi connectivity index (χ1v) is 11.0. The molecule has 1 saturated heterocycles. The summed E-state index contributed by atoms with van der Waals surface area (Å²) in [7, 11) is 2.14. The molecule has 5 rings (SSSR count). The zero-order valence-electron chi connectivity index (χ0n) is 15.8. The van der Waals surface area contributed by atoms with Crippen molar-refractivity contribution in [2.75, 3.05) is 33.2 Å². The van der Waals surface area contributed by atoms with Crippen LogP contribution >= 0.6 is 27.3 Å². The Hall–Kier alpha value is -2.20. The highest BCUT2D eigenvalue weighted by molar-refractivity contribution is 9.10. The predicted octanol–water partition coefficient (Wildman–Crippen LogP) is 3.86. The van der Waals surface area contributed by atoms with Crippen LogP contribution in [-0.2, 0) is 0 Å². The molecule has 3 aromatic heterocycles. The summed E-state index contributed by atoms with van der Waals surface area (Å²) in [6.07, 6.45) is 1.59. The van der Waals surface area contributed by atoms with Crippen molar-refractivity contribution in [2.45, 2.75) is 6.04 Å². The SMILES string of the molecule is CN1CCN([C@@H](c2cccc(Br)c2)c2sc3nc(-c4ccco4)nn3c2O)CC1. The molecule has 0 unspecified atom stereocenters. The minimum Gasteiger partial charge on any atom is -0.492 e. The molecule has 150 valence electrons. The Labute approximate surface area is 180 Å². The van der Waals surface area contributed by atoms with Gasteiger partial charge in [0.1, 0.15) is 0 Å². The van der Waals surface area contributed by atoms with Gasteiger partial charge in [-0.2, -0.15) is 9.50 Å². The number of likely N-dealkylation sites (N-methyl/N-ethyl adjacent to an activating group) is 1. The van der Waals surface area contributed by atoms with E-state index in [-0.39, 0.29) is 11.9 Å². The van der Waals surface area contributed by atoms with E-state index in [1.165, 1.54) is 15.9 Å². The highest BCUT2D eigenvalue weighted by Crippen LogP contribution is 2.41. The minimum absolute atomic E-state index is 0.0539. The Morgan fingerprint density at radius 1 is 1.17 bits per heavy atom. The Morgan fingerprint density at radius 3 is 2.69 bits per heavy atom. The van der Waals surface area contributed by atoms with Crippen molar-refractivity contribution >= 4 is 32.2 Å². The number of hydrogen-bond donors (Lipinski definition) is 1. The molecule has 0 saturated carbocycles. The molecule has 4 heterocycles. The van der Waals surface area contributed by atoms with Crippen LogP contribution in [0.25, 0.3) is 16.5 Å². The number of nitrogens with zero attached hydrogens (tertiary/aromatic N) is 5. The van der Waals surface area contributed by atoms with Gasteiger partial charge in [0.15, 0.2) is 5.76 Å². The first-order valence-electron chi connectivity index (χ1n) is 9.40. The van der Waals surface area contributed by atoms with Crippen molar-refractivity contribution in [2.24, 2.45) is 0 Å². The van der Waals surface area contributed by atoms with Gasteiger partial charge in [-0.25, -0.2) is 0 Å². The number of furan rings is 1. The molecular weight excluding hydrogens is 454 g/mol. The van der Waals surface area contributed by atoms with E-state index in [4.69, 9.17) is 4.42 Å². The maximum absolute atomic E-state index is 11.1. The molecule has 0 spiro atoms. The predicted molar refractivity (Wildman–Crippen MR) is 115 cm³/mol. The van der Waals surface area contributed by atoms with Gasteiger partial charge in [0.05, 0.1) is 17.2 Å². The van der Waals surface area contributed by atoms with Crippen molar-refractivity contribution in [1.29, 1.82) is 0 Å². The van der Waals surface area contributed by atoms with E-state index in [0.717, 1.165) is 41.1 Å². The zero-order chi connectivity index (χ0) is 20.0. The summed E-state index contributed by atoms with van der Waals surface area (Å²) in [4.78, 5) is 10.8. The molecule has 1 aliphatic heterocycles. The molecule has 1 atom stereocenters. The fourth-order valence-electron chi connectivity index (χ4n) is 3.72. The number of hydrogen-bond acceptors (Lipinski definition) is 7.